The van der Waals surface area contributed by atoms with Crippen molar-refractivity contribution in [2.75, 3.05) is 11.9 Å². The van der Waals surface area contributed by atoms with E-state index in [1.807, 2.05) is 66.0 Å². The molecule has 0 saturated carbocycles. The van der Waals surface area contributed by atoms with E-state index in [9.17, 15) is 9.59 Å². The molecule has 5 heteroatoms. The molecule has 4 nitrogen and oxygen atoms in total. The van der Waals surface area contributed by atoms with Crippen molar-refractivity contribution in [1.82, 2.24) is 4.90 Å². The van der Waals surface area contributed by atoms with Gasteiger partial charge in [-0.05, 0) is 34.7 Å². The van der Waals surface area contributed by atoms with Crippen molar-refractivity contribution in [2.45, 2.75) is 6.04 Å². The van der Waals surface area contributed by atoms with Crippen LogP contribution in [0.2, 0.25) is 0 Å². The number of hydrogen-bond donors (Lipinski definition) is 0. The molecule has 2 aromatic carbocycles. The zero-order chi connectivity index (χ0) is 17.4. The predicted octanol–water partition coefficient (Wildman–Crippen LogP) is 4.55. The topological polar surface area (TPSA) is 40.6 Å². The van der Waals surface area contributed by atoms with Crippen LogP contribution in [-0.2, 0) is 4.79 Å². The number of rotatable bonds is 3. The number of urea groups is 1. The number of imide groups is 1. The molecule has 25 heavy (non-hydrogen) atoms. The lowest BCUT2D eigenvalue weighted by Gasteiger charge is -2.15. The van der Waals surface area contributed by atoms with Gasteiger partial charge in [0.15, 0.2) is 0 Å². The number of nitrogens with zero attached hydrogens (tertiary/aromatic N) is 2. The van der Waals surface area contributed by atoms with E-state index in [0.717, 1.165) is 16.0 Å². The molecule has 1 aliphatic heterocycles. The van der Waals surface area contributed by atoms with Crippen LogP contribution < -0.4 is 4.90 Å². The Hall–Kier alpha value is -2.92. The van der Waals surface area contributed by atoms with Gasteiger partial charge in [-0.1, -0.05) is 48.5 Å². The predicted molar refractivity (Wildman–Crippen MR) is 99.6 cm³/mol. The number of carbonyl (C=O) groups is 2. The second-order valence-corrected chi connectivity index (χ2v) is 6.86. The Labute approximate surface area is 149 Å². The van der Waals surface area contributed by atoms with Crippen LogP contribution in [0.15, 0.2) is 72.1 Å². The zero-order valence-corrected chi connectivity index (χ0v) is 14.4. The number of carbonyl (C=O) groups excluding carboxylic acids is 2. The third kappa shape index (κ3) is 2.62. The summed E-state index contributed by atoms with van der Waals surface area (Å²) in [6.07, 6.45) is 0. The largest absolute Gasteiger partial charge is 0.332 e. The first-order chi connectivity index (χ1) is 12.2. The Balaban J connectivity index is 1.73. The quantitative estimate of drug-likeness (QED) is 0.651. The zero-order valence-electron chi connectivity index (χ0n) is 13.6. The summed E-state index contributed by atoms with van der Waals surface area (Å²) >= 11 is 1.63. The average Bonchev–Trinajstić information content (AvgIpc) is 3.24. The van der Waals surface area contributed by atoms with Crippen LogP contribution in [0, 0.1) is 0 Å². The fourth-order valence-corrected chi connectivity index (χ4v) is 3.85. The Morgan fingerprint density at radius 1 is 0.920 bits per heavy atom. The van der Waals surface area contributed by atoms with Crippen molar-refractivity contribution in [3.05, 3.63) is 77.7 Å². The van der Waals surface area contributed by atoms with E-state index in [4.69, 9.17) is 0 Å². The van der Waals surface area contributed by atoms with Gasteiger partial charge in [0.25, 0.3) is 5.91 Å². The minimum atomic E-state index is -0.584. The van der Waals surface area contributed by atoms with Crippen LogP contribution in [0.3, 0.4) is 0 Å². The third-order valence-corrected chi connectivity index (χ3v) is 5.28. The summed E-state index contributed by atoms with van der Waals surface area (Å²) in [6.45, 7) is 0. The smallest absolute Gasteiger partial charge is 0.311 e. The summed E-state index contributed by atoms with van der Waals surface area (Å²) in [5.74, 6) is -0.220. The van der Waals surface area contributed by atoms with E-state index >= 15 is 0 Å². The van der Waals surface area contributed by atoms with Crippen molar-refractivity contribution in [3.8, 4) is 10.4 Å². The Kier molecular flexibility index (Phi) is 3.86. The Morgan fingerprint density at radius 3 is 2.44 bits per heavy atom. The summed E-state index contributed by atoms with van der Waals surface area (Å²) in [7, 11) is 1.67. The highest BCUT2D eigenvalue weighted by atomic mass is 32.1. The van der Waals surface area contributed by atoms with E-state index in [2.05, 4.69) is 0 Å². The second kappa shape index (κ2) is 6.18. The molecular weight excluding hydrogens is 332 g/mol. The van der Waals surface area contributed by atoms with Crippen LogP contribution in [0.1, 0.15) is 11.6 Å². The van der Waals surface area contributed by atoms with Crippen LogP contribution in [-0.4, -0.2) is 23.9 Å². The van der Waals surface area contributed by atoms with Crippen LogP contribution in [0.4, 0.5) is 10.5 Å². The third-order valence-electron chi connectivity index (χ3n) is 4.36. The van der Waals surface area contributed by atoms with E-state index < -0.39 is 6.04 Å². The van der Waals surface area contributed by atoms with Crippen LogP contribution in [0.5, 0.6) is 0 Å². The highest BCUT2D eigenvalue weighted by molar-refractivity contribution is 7.13. The van der Waals surface area contributed by atoms with Crippen LogP contribution in [0.25, 0.3) is 10.4 Å². The molecule has 0 aliphatic carbocycles. The lowest BCUT2D eigenvalue weighted by Crippen LogP contribution is -2.31. The summed E-state index contributed by atoms with van der Waals surface area (Å²) in [5.41, 5.74) is 2.42. The Morgan fingerprint density at radius 2 is 1.72 bits per heavy atom. The lowest BCUT2D eigenvalue weighted by molar-refractivity contribution is -0.119. The van der Waals surface area contributed by atoms with E-state index in [1.54, 1.807) is 24.5 Å². The molecule has 3 aromatic rings. The first-order valence-corrected chi connectivity index (χ1v) is 8.84. The molecule has 3 amide bonds. The molecular formula is C20H16N2O2S. The summed E-state index contributed by atoms with van der Waals surface area (Å²) in [6, 6.07) is 20.1. The molecule has 1 fully saturated rings. The maximum atomic E-state index is 13.0. The van der Waals surface area contributed by atoms with Gasteiger partial charge in [-0.15, -0.1) is 11.3 Å². The molecule has 1 unspecified atom stereocenters. The van der Waals surface area contributed by atoms with Crippen molar-refractivity contribution < 1.29 is 9.59 Å². The fraction of sp³-hybridized carbons (Fsp3) is 0.100. The van der Waals surface area contributed by atoms with Gasteiger partial charge >= 0.3 is 6.03 Å². The number of amides is 3. The molecule has 0 N–H and O–H groups in total. The van der Waals surface area contributed by atoms with Crippen molar-refractivity contribution in [2.24, 2.45) is 0 Å². The molecule has 0 bridgehead atoms. The summed E-state index contributed by atoms with van der Waals surface area (Å²) in [4.78, 5) is 29.6. The molecule has 4 rings (SSSR count). The highest BCUT2D eigenvalue weighted by Gasteiger charge is 2.44. The van der Waals surface area contributed by atoms with Gasteiger partial charge in [0, 0.05) is 11.9 Å². The number of benzene rings is 2. The molecule has 1 aromatic heterocycles. The SMILES string of the molecule is CN1C(=O)N(c2cccc(-c3cccs3)c2)C(=O)C1c1ccccc1. The summed E-state index contributed by atoms with van der Waals surface area (Å²) < 4.78 is 0. The molecule has 0 radical (unpaired) electrons. The fourth-order valence-electron chi connectivity index (χ4n) is 3.13. The van der Waals surface area contributed by atoms with Crippen LogP contribution >= 0.6 is 11.3 Å². The lowest BCUT2D eigenvalue weighted by atomic mass is 10.1. The monoisotopic (exact) mass is 348 g/mol. The maximum Gasteiger partial charge on any atom is 0.332 e. The van der Waals surface area contributed by atoms with Gasteiger partial charge in [0.1, 0.15) is 6.04 Å². The Bertz CT molecular complexity index is 922. The number of hydrogen-bond acceptors (Lipinski definition) is 3. The van der Waals surface area contributed by atoms with E-state index in [-0.39, 0.29) is 11.9 Å². The first-order valence-electron chi connectivity index (χ1n) is 7.96. The average molecular weight is 348 g/mol. The van der Waals surface area contributed by atoms with Gasteiger partial charge in [-0.3, -0.25) is 4.79 Å². The number of thiophene rings is 1. The van der Waals surface area contributed by atoms with E-state index in [0.29, 0.717) is 5.69 Å². The highest BCUT2D eigenvalue weighted by Crippen LogP contribution is 2.35. The van der Waals surface area contributed by atoms with Gasteiger partial charge < -0.3 is 4.90 Å². The molecule has 1 saturated heterocycles. The van der Waals surface area contributed by atoms with Crippen molar-refractivity contribution in [1.29, 1.82) is 0 Å². The van der Waals surface area contributed by atoms with Gasteiger partial charge in [0.05, 0.1) is 5.69 Å². The van der Waals surface area contributed by atoms with Crippen molar-refractivity contribution >= 4 is 29.0 Å². The van der Waals surface area contributed by atoms with Crippen molar-refractivity contribution in [3.63, 3.8) is 0 Å². The molecule has 1 aliphatic rings. The first kappa shape index (κ1) is 15.6. The molecule has 1 atom stereocenters. The molecule has 2 heterocycles. The standard InChI is InChI=1S/C20H16N2O2S/c1-21-18(14-7-3-2-4-8-14)19(23)22(20(21)24)16-10-5-9-15(13-16)17-11-6-12-25-17/h2-13,18H,1H3. The number of anilines is 1. The molecule has 124 valence electrons. The molecule has 0 spiro atoms. The maximum absolute atomic E-state index is 13.0. The van der Waals surface area contributed by atoms with Gasteiger partial charge in [-0.25, -0.2) is 9.69 Å². The summed E-state index contributed by atoms with van der Waals surface area (Å²) in [5, 5.41) is 2.01. The normalized spacial score (nSPS) is 17.4. The second-order valence-electron chi connectivity index (χ2n) is 5.91. The van der Waals surface area contributed by atoms with E-state index in [1.165, 1.54) is 9.80 Å². The number of likely N-dealkylation sites (N-methyl/N-ethyl adjacent to an activating group) is 1. The van der Waals surface area contributed by atoms with Gasteiger partial charge in [-0.2, -0.15) is 0 Å². The minimum absolute atomic E-state index is 0.220. The van der Waals surface area contributed by atoms with Gasteiger partial charge in [0.2, 0.25) is 0 Å². The minimum Gasteiger partial charge on any atom is -0.311 e.